The molecule has 2 aliphatic heterocycles. The van der Waals surface area contributed by atoms with Crippen LogP contribution in [0.4, 0.5) is 5.82 Å². The number of nitrogens with one attached hydrogen (secondary N) is 1. The molecule has 2 aromatic heterocycles. The average Bonchev–Trinajstić information content (AvgIpc) is 3.36. The van der Waals surface area contributed by atoms with Crippen molar-refractivity contribution in [3.05, 3.63) is 54.6 Å². The van der Waals surface area contributed by atoms with Crippen LogP contribution in [0.5, 0.6) is 0 Å². The van der Waals surface area contributed by atoms with Crippen LogP contribution in [0.25, 0.3) is 10.9 Å². The highest BCUT2D eigenvalue weighted by molar-refractivity contribution is 5.82. The van der Waals surface area contributed by atoms with Crippen molar-refractivity contribution in [3.8, 4) is 0 Å². The molecule has 0 aliphatic carbocycles. The van der Waals surface area contributed by atoms with Crippen molar-refractivity contribution >= 4 is 16.7 Å². The third kappa shape index (κ3) is 3.06. The van der Waals surface area contributed by atoms with Crippen molar-refractivity contribution < 1.29 is 5.11 Å². The van der Waals surface area contributed by atoms with Gasteiger partial charge in [0, 0.05) is 55.5 Å². The number of H-pyrrole nitrogens is 1. The van der Waals surface area contributed by atoms with Gasteiger partial charge in [0.2, 0.25) is 0 Å². The highest BCUT2D eigenvalue weighted by Crippen LogP contribution is 2.45. The molecule has 0 bridgehead atoms. The molecule has 0 saturated carbocycles. The Labute approximate surface area is 165 Å². The molecule has 4 heterocycles. The average molecular weight is 377 g/mol. The van der Waals surface area contributed by atoms with Gasteiger partial charge < -0.3 is 15.0 Å². The number of aliphatic hydroxyl groups is 1. The molecule has 1 unspecified atom stereocenters. The number of hydrogen-bond donors (Lipinski definition) is 2. The first-order chi connectivity index (χ1) is 13.8. The lowest BCUT2D eigenvalue weighted by molar-refractivity contribution is 0.0508. The van der Waals surface area contributed by atoms with Crippen LogP contribution in [-0.4, -0.2) is 57.7 Å². The fraction of sp³-hybridized carbons (Fsp3) is 0.455. The van der Waals surface area contributed by atoms with Crippen LogP contribution in [0, 0.1) is 11.3 Å². The van der Waals surface area contributed by atoms with E-state index in [9.17, 15) is 5.11 Å². The highest BCUT2D eigenvalue weighted by Gasteiger charge is 2.47. The molecule has 2 N–H and O–H groups in total. The minimum atomic E-state index is 0.191. The zero-order valence-corrected chi connectivity index (χ0v) is 16.1. The number of aliphatic hydroxyl groups excluding tert-OH is 1. The summed E-state index contributed by atoms with van der Waals surface area (Å²) in [6, 6.07) is 10.7. The van der Waals surface area contributed by atoms with Gasteiger partial charge in [0.25, 0.3) is 0 Å². The van der Waals surface area contributed by atoms with Crippen molar-refractivity contribution in [1.82, 2.24) is 19.9 Å². The third-order valence-electron chi connectivity index (χ3n) is 6.85. The van der Waals surface area contributed by atoms with E-state index in [-0.39, 0.29) is 12.0 Å². The monoisotopic (exact) mass is 377 g/mol. The molecular weight excluding hydrogens is 350 g/mol. The molecule has 1 aromatic carbocycles. The molecule has 2 fully saturated rings. The summed E-state index contributed by atoms with van der Waals surface area (Å²) in [6.07, 6.45) is 7.68. The Balaban J connectivity index is 1.28. The predicted molar refractivity (Wildman–Crippen MR) is 110 cm³/mol. The number of benzene rings is 1. The number of aromatic nitrogens is 3. The van der Waals surface area contributed by atoms with Gasteiger partial charge in [0.05, 0.1) is 0 Å². The van der Waals surface area contributed by atoms with E-state index >= 15 is 0 Å². The normalized spacial score (nSPS) is 22.3. The van der Waals surface area contributed by atoms with Gasteiger partial charge in [-0.15, -0.1) is 0 Å². The van der Waals surface area contributed by atoms with E-state index in [1.54, 1.807) is 12.5 Å². The van der Waals surface area contributed by atoms with E-state index in [4.69, 9.17) is 0 Å². The van der Waals surface area contributed by atoms with Crippen LogP contribution in [0.1, 0.15) is 18.4 Å². The predicted octanol–water partition coefficient (Wildman–Crippen LogP) is 2.67. The molecule has 28 heavy (non-hydrogen) atoms. The molecule has 0 amide bonds. The molecule has 2 saturated heterocycles. The molecule has 5 rings (SSSR count). The SMILES string of the molecule is OCC1CN(c2ccncn2)CC12CCN(Cc1cccc3[nH]ccc13)CC2. The van der Waals surface area contributed by atoms with Gasteiger partial charge in [0.15, 0.2) is 0 Å². The summed E-state index contributed by atoms with van der Waals surface area (Å²) in [7, 11) is 0. The fourth-order valence-corrected chi connectivity index (χ4v) is 5.18. The lowest BCUT2D eigenvalue weighted by Gasteiger charge is -2.42. The summed E-state index contributed by atoms with van der Waals surface area (Å²) >= 11 is 0. The number of fused-ring (bicyclic) bond motifs is 1. The second kappa shape index (κ2) is 7.18. The van der Waals surface area contributed by atoms with Crippen LogP contribution in [0.15, 0.2) is 49.1 Å². The quantitative estimate of drug-likeness (QED) is 0.732. The maximum absolute atomic E-state index is 10.1. The summed E-state index contributed by atoms with van der Waals surface area (Å²) < 4.78 is 0. The van der Waals surface area contributed by atoms with Crippen molar-refractivity contribution in [3.63, 3.8) is 0 Å². The summed E-state index contributed by atoms with van der Waals surface area (Å²) in [5.41, 5.74) is 2.79. The van der Waals surface area contributed by atoms with Gasteiger partial charge in [-0.2, -0.15) is 0 Å². The Morgan fingerprint density at radius 1 is 1.18 bits per heavy atom. The first kappa shape index (κ1) is 17.6. The number of aromatic amines is 1. The van der Waals surface area contributed by atoms with Gasteiger partial charge in [0.1, 0.15) is 12.1 Å². The maximum Gasteiger partial charge on any atom is 0.131 e. The number of nitrogens with zero attached hydrogens (tertiary/aromatic N) is 4. The van der Waals surface area contributed by atoms with Crippen LogP contribution >= 0.6 is 0 Å². The summed E-state index contributed by atoms with van der Waals surface area (Å²) in [6.45, 7) is 5.27. The topological polar surface area (TPSA) is 68.3 Å². The lowest BCUT2D eigenvalue weighted by atomic mass is 9.71. The molecule has 2 aliphatic rings. The smallest absolute Gasteiger partial charge is 0.131 e. The number of hydrogen-bond acceptors (Lipinski definition) is 5. The van der Waals surface area contributed by atoms with Crippen LogP contribution in [-0.2, 0) is 6.54 Å². The van der Waals surface area contributed by atoms with Gasteiger partial charge in [-0.1, -0.05) is 12.1 Å². The van der Waals surface area contributed by atoms with E-state index in [1.165, 1.54) is 16.5 Å². The van der Waals surface area contributed by atoms with Gasteiger partial charge >= 0.3 is 0 Å². The van der Waals surface area contributed by atoms with Gasteiger partial charge in [-0.05, 0) is 55.1 Å². The summed E-state index contributed by atoms with van der Waals surface area (Å²) in [5, 5.41) is 11.4. The summed E-state index contributed by atoms with van der Waals surface area (Å²) in [5.74, 6) is 1.30. The third-order valence-corrected chi connectivity index (χ3v) is 6.85. The maximum atomic E-state index is 10.1. The highest BCUT2D eigenvalue weighted by atomic mass is 16.3. The number of piperidine rings is 1. The molecule has 3 aromatic rings. The zero-order chi connectivity index (χ0) is 19.0. The van der Waals surface area contributed by atoms with E-state index < -0.39 is 0 Å². The van der Waals surface area contributed by atoms with Crippen molar-refractivity contribution in [2.45, 2.75) is 19.4 Å². The Hall–Kier alpha value is -2.44. The molecule has 146 valence electrons. The van der Waals surface area contributed by atoms with E-state index in [1.807, 2.05) is 12.3 Å². The van der Waals surface area contributed by atoms with E-state index in [0.29, 0.717) is 5.92 Å². The molecule has 6 heteroatoms. The number of anilines is 1. The van der Waals surface area contributed by atoms with Crippen LogP contribution in [0.3, 0.4) is 0 Å². The van der Waals surface area contributed by atoms with Crippen molar-refractivity contribution in [1.29, 1.82) is 0 Å². The first-order valence-electron chi connectivity index (χ1n) is 10.2. The minimum Gasteiger partial charge on any atom is -0.396 e. The van der Waals surface area contributed by atoms with Crippen LogP contribution < -0.4 is 4.90 Å². The van der Waals surface area contributed by atoms with Gasteiger partial charge in [-0.25, -0.2) is 9.97 Å². The molecule has 0 radical (unpaired) electrons. The molecule has 6 nitrogen and oxygen atoms in total. The van der Waals surface area contributed by atoms with Crippen molar-refractivity contribution in [2.75, 3.05) is 37.7 Å². The van der Waals surface area contributed by atoms with Crippen molar-refractivity contribution in [2.24, 2.45) is 11.3 Å². The Bertz CT molecular complexity index is 932. The standard InChI is InChI=1S/C22H27N5O/c28-14-18-13-27(21-5-8-23-16-25-21)15-22(18)6-10-26(11-7-22)12-17-2-1-3-20-19(17)4-9-24-20/h1-5,8-9,16,18,24,28H,6-7,10-15H2. The number of likely N-dealkylation sites (tertiary alicyclic amines) is 1. The second-order valence-corrected chi connectivity index (χ2v) is 8.32. The molecular formula is C22H27N5O. The van der Waals surface area contributed by atoms with Crippen LogP contribution in [0.2, 0.25) is 0 Å². The largest absolute Gasteiger partial charge is 0.396 e. The Morgan fingerprint density at radius 3 is 2.86 bits per heavy atom. The lowest BCUT2D eigenvalue weighted by Crippen LogP contribution is -2.44. The molecule has 1 atom stereocenters. The fourth-order valence-electron chi connectivity index (χ4n) is 5.18. The Kier molecular flexibility index (Phi) is 4.53. The summed E-state index contributed by atoms with van der Waals surface area (Å²) in [4.78, 5) is 16.7. The zero-order valence-electron chi connectivity index (χ0n) is 16.1. The van der Waals surface area contributed by atoms with Gasteiger partial charge in [-0.3, -0.25) is 4.90 Å². The van der Waals surface area contributed by atoms with E-state index in [2.05, 4.69) is 49.0 Å². The van der Waals surface area contributed by atoms with E-state index in [0.717, 1.165) is 51.4 Å². The second-order valence-electron chi connectivity index (χ2n) is 8.32. The minimum absolute atomic E-state index is 0.191. The first-order valence-corrected chi connectivity index (χ1v) is 10.2. The number of rotatable bonds is 4. The molecule has 1 spiro atoms. The Morgan fingerprint density at radius 2 is 2.07 bits per heavy atom.